The maximum Gasteiger partial charge on any atom is 0.254 e. The molecule has 0 spiro atoms. The first-order valence-electron chi connectivity index (χ1n) is 14.2. The Balaban J connectivity index is 1.81. The first kappa shape index (κ1) is 35.1. The van der Waals surface area contributed by atoms with E-state index in [1.165, 1.54) is 32.6 Å². The van der Waals surface area contributed by atoms with Gasteiger partial charge >= 0.3 is 0 Å². The van der Waals surface area contributed by atoms with Gasteiger partial charge in [-0.1, -0.05) is 30.3 Å². The number of carbonyl (C=O) groups excluding carboxylic acids is 2. The Hall–Kier alpha value is -3.36. The summed E-state index contributed by atoms with van der Waals surface area (Å²) in [7, 11) is 0.531. The molecular formula is C31H41N3O8S2. The average molecular weight is 648 g/mol. The van der Waals surface area contributed by atoms with Crippen molar-refractivity contribution in [3.63, 3.8) is 0 Å². The Morgan fingerprint density at radius 2 is 1.66 bits per heavy atom. The molecule has 0 atom stereocenters. The van der Waals surface area contributed by atoms with Gasteiger partial charge in [0.25, 0.3) is 5.91 Å². The summed E-state index contributed by atoms with van der Waals surface area (Å²) < 4.78 is 42.7. The number of ketones is 1. The number of rotatable bonds is 18. The summed E-state index contributed by atoms with van der Waals surface area (Å²) >= 11 is 1.26. The fourth-order valence-electron chi connectivity index (χ4n) is 4.55. The number of aromatic nitrogens is 1. The third kappa shape index (κ3) is 9.57. The highest BCUT2D eigenvalue weighted by molar-refractivity contribution is 7.89. The molecule has 0 aliphatic rings. The molecule has 240 valence electrons. The lowest BCUT2D eigenvalue weighted by Gasteiger charge is -2.23. The van der Waals surface area contributed by atoms with Gasteiger partial charge in [0.05, 0.1) is 40.6 Å². The van der Waals surface area contributed by atoms with E-state index < -0.39 is 21.6 Å². The number of methoxy groups -OCH3 is 2. The van der Waals surface area contributed by atoms with Crippen molar-refractivity contribution in [1.29, 1.82) is 0 Å². The first-order chi connectivity index (χ1) is 21.0. The zero-order chi connectivity index (χ0) is 32.3. The lowest BCUT2D eigenvalue weighted by molar-refractivity contribution is 0.0740. The zero-order valence-electron chi connectivity index (χ0n) is 25.9. The minimum atomic E-state index is -3.91. The Labute approximate surface area is 263 Å². The molecule has 11 nitrogen and oxygen atoms in total. The number of hydrogen-bond donors (Lipinski definition) is 1. The summed E-state index contributed by atoms with van der Waals surface area (Å²) in [6, 6.07) is 13.4. The Kier molecular flexibility index (Phi) is 13.3. The number of carbonyl (C=O) groups is 2. The number of thiazole rings is 1. The molecule has 1 heterocycles. The molecule has 13 heteroatoms. The quantitative estimate of drug-likeness (QED) is 0.163. The molecule has 0 aliphatic carbocycles. The van der Waals surface area contributed by atoms with Gasteiger partial charge in [0, 0.05) is 36.1 Å². The molecule has 0 radical (unpaired) electrons. The Morgan fingerprint density at radius 3 is 2.27 bits per heavy atom. The molecule has 2 aromatic carbocycles. The van der Waals surface area contributed by atoms with Crippen LogP contribution in [-0.4, -0.2) is 99.3 Å². The largest absolute Gasteiger partial charge is 0.496 e. The summed E-state index contributed by atoms with van der Waals surface area (Å²) in [4.78, 5) is 33.7. The lowest BCUT2D eigenvalue weighted by atomic mass is 10.1. The average Bonchev–Trinajstić information content (AvgIpc) is 3.38. The number of Topliss-reactive ketones (excluding diaryl/α,β-unsaturated/α-hetero) is 1. The number of amides is 1. The SMILES string of the molecule is COc1cc(C(=O)N(CCCc2ccccc2)Cc2nc(C(=O)CS(=O)(=O)N(C)CCOCCO)c(C)s2)cc(OC)c1C. The van der Waals surface area contributed by atoms with Crippen molar-refractivity contribution in [1.82, 2.24) is 14.2 Å². The molecule has 3 aromatic rings. The number of aryl methyl sites for hydroxylation is 2. The second-order valence-electron chi connectivity index (χ2n) is 10.2. The highest BCUT2D eigenvalue weighted by atomic mass is 32.2. The number of aliphatic hydroxyl groups is 1. The fraction of sp³-hybridized carbons (Fsp3) is 0.452. The van der Waals surface area contributed by atoms with Gasteiger partial charge in [-0.05, 0) is 44.4 Å². The van der Waals surface area contributed by atoms with E-state index in [1.54, 1.807) is 24.0 Å². The van der Waals surface area contributed by atoms with Crippen molar-refractivity contribution in [3.05, 3.63) is 74.7 Å². The third-order valence-electron chi connectivity index (χ3n) is 7.03. The van der Waals surface area contributed by atoms with Crippen LogP contribution in [0, 0.1) is 13.8 Å². The summed E-state index contributed by atoms with van der Waals surface area (Å²) in [6.07, 6.45) is 1.46. The topological polar surface area (TPSA) is 136 Å². The van der Waals surface area contributed by atoms with Gasteiger partial charge in [0.15, 0.2) is 5.78 Å². The van der Waals surface area contributed by atoms with E-state index in [2.05, 4.69) is 4.98 Å². The lowest BCUT2D eigenvalue weighted by Crippen LogP contribution is -2.35. The Morgan fingerprint density at radius 1 is 1.00 bits per heavy atom. The van der Waals surface area contributed by atoms with Crippen LogP contribution in [0.25, 0.3) is 0 Å². The molecule has 0 saturated heterocycles. The molecular weight excluding hydrogens is 606 g/mol. The minimum Gasteiger partial charge on any atom is -0.496 e. The van der Waals surface area contributed by atoms with Crippen molar-refractivity contribution in [3.8, 4) is 11.5 Å². The molecule has 3 rings (SSSR count). The second kappa shape index (κ2) is 16.6. The van der Waals surface area contributed by atoms with Gasteiger partial charge in [-0.2, -0.15) is 0 Å². The smallest absolute Gasteiger partial charge is 0.254 e. The maximum absolute atomic E-state index is 13.9. The van der Waals surface area contributed by atoms with E-state index in [1.807, 2.05) is 37.3 Å². The van der Waals surface area contributed by atoms with Gasteiger partial charge in [-0.25, -0.2) is 17.7 Å². The summed E-state index contributed by atoms with van der Waals surface area (Å²) in [6.45, 7) is 4.21. The molecule has 0 bridgehead atoms. The number of sulfonamides is 1. The monoisotopic (exact) mass is 647 g/mol. The van der Waals surface area contributed by atoms with Crippen LogP contribution < -0.4 is 9.47 Å². The van der Waals surface area contributed by atoms with E-state index in [-0.39, 0.29) is 44.5 Å². The van der Waals surface area contributed by atoms with Crippen molar-refractivity contribution in [2.24, 2.45) is 0 Å². The van der Waals surface area contributed by atoms with Crippen LogP contribution in [0.3, 0.4) is 0 Å². The molecule has 1 aromatic heterocycles. The maximum atomic E-state index is 13.9. The van der Waals surface area contributed by atoms with Gasteiger partial charge in [-0.15, -0.1) is 11.3 Å². The Bertz CT molecular complexity index is 1480. The highest BCUT2D eigenvalue weighted by Crippen LogP contribution is 2.30. The zero-order valence-corrected chi connectivity index (χ0v) is 27.5. The minimum absolute atomic E-state index is 0.0472. The number of nitrogens with zero attached hydrogens (tertiary/aromatic N) is 3. The molecule has 0 fully saturated rings. The van der Waals surface area contributed by atoms with Crippen LogP contribution in [-0.2, 0) is 27.7 Å². The number of ether oxygens (including phenoxy) is 3. The predicted octanol–water partition coefficient (Wildman–Crippen LogP) is 3.51. The van der Waals surface area contributed by atoms with Crippen LogP contribution in [0.2, 0.25) is 0 Å². The van der Waals surface area contributed by atoms with E-state index in [4.69, 9.17) is 19.3 Å². The van der Waals surface area contributed by atoms with Gasteiger partial charge in [0.2, 0.25) is 10.0 Å². The first-order valence-corrected chi connectivity index (χ1v) is 16.6. The van der Waals surface area contributed by atoms with Crippen LogP contribution >= 0.6 is 11.3 Å². The number of hydrogen-bond acceptors (Lipinski definition) is 10. The third-order valence-corrected chi connectivity index (χ3v) is 9.74. The summed E-state index contributed by atoms with van der Waals surface area (Å²) in [5.74, 6) is -0.552. The van der Waals surface area contributed by atoms with Gasteiger partial charge in [-0.3, -0.25) is 9.59 Å². The van der Waals surface area contributed by atoms with E-state index in [9.17, 15) is 18.0 Å². The van der Waals surface area contributed by atoms with Crippen molar-refractivity contribution >= 4 is 33.1 Å². The molecule has 1 N–H and O–H groups in total. The van der Waals surface area contributed by atoms with Gasteiger partial charge < -0.3 is 24.2 Å². The normalized spacial score (nSPS) is 11.5. The molecule has 1 amide bonds. The molecule has 0 aliphatic heterocycles. The number of likely N-dealkylation sites (N-methyl/N-ethyl adjacent to an activating group) is 1. The van der Waals surface area contributed by atoms with Crippen LogP contribution in [0.1, 0.15) is 48.3 Å². The van der Waals surface area contributed by atoms with Crippen molar-refractivity contribution < 1.29 is 37.3 Å². The van der Waals surface area contributed by atoms with Crippen LogP contribution in [0.5, 0.6) is 11.5 Å². The highest BCUT2D eigenvalue weighted by Gasteiger charge is 2.27. The predicted molar refractivity (Wildman–Crippen MR) is 169 cm³/mol. The van der Waals surface area contributed by atoms with Crippen LogP contribution in [0.4, 0.5) is 0 Å². The standard InChI is InChI=1S/C31H41N3O8S2/c1-22-27(40-4)18-25(19-28(22)41-5)31(37)34(13-9-12-24-10-7-6-8-11-24)20-29-32-30(23(2)43-29)26(36)21-44(38,39)33(3)14-16-42-17-15-35/h6-8,10-11,18-19,35H,9,12-17,20-21H2,1-5H3. The summed E-state index contributed by atoms with van der Waals surface area (Å²) in [5.41, 5.74) is 2.40. The molecule has 0 saturated carbocycles. The number of benzene rings is 2. The van der Waals surface area contributed by atoms with Gasteiger partial charge in [0.1, 0.15) is 28.0 Å². The van der Waals surface area contributed by atoms with Crippen molar-refractivity contribution in [2.75, 3.05) is 59.9 Å². The van der Waals surface area contributed by atoms with Crippen LogP contribution in [0.15, 0.2) is 42.5 Å². The van der Waals surface area contributed by atoms with E-state index >= 15 is 0 Å². The summed E-state index contributed by atoms with van der Waals surface area (Å²) in [5, 5.41) is 9.33. The number of aliphatic hydroxyl groups excluding tert-OH is 1. The van der Waals surface area contributed by atoms with Crippen molar-refractivity contribution in [2.45, 2.75) is 33.2 Å². The fourth-order valence-corrected chi connectivity index (χ4v) is 6.56. The molecule has 0 unspecified atom stereocenters. The van der Waals surface area contributed by atoms with E-state index in [0.29, 0.717) is 39.9 Å². The molecule has 44 heavy (non-hydrogen) atoms. The second-order valence-corrected chi connectivity index (χ2v) is 13.5. The van der Waals surface area contributed by atoms with E-state index in [0.717, 1.165) is 21.9 Å².